The SMILES string of the molecule is COC(=O)c1ccc2c(c1)N(C)C(=O)C2=O. The van der Waals surface area contributed by atoms with Gasteiger partial charge in [-0.25, -0.2) is 4.79 Å². The number of esters is 1. The van der Waals surface area contributed by atoms with Crippen molar-refractivity contribution in [3.05, 3.63) is 29.3 Å². The lowest BCUT2D eigenvalue weighted by Gasteiger charge is -2.09. The van der Waals surface area contributed by atoms with Crippen LogP contribution in [0, 0.1) is 0 Å². The lowest BCUT2D eigenvalue weighted by atomic mass is 10.1. The summed E-state index contributed by atoms with van der Waals surface area (Å²) in [5.74, 6) is -1.63. The molecular formula is C11H9NO4. The van der Waals surface area contributed by atoms with E-state index in [2.05, 4.69) is 4.74 Å². The van der Waals surface area contributed by atoms with Gasteiger partial charge in [-0.2, -0.15) is 0 Å². The molecule has 0 unspecified atom stereocenters. The molecule has 0 atom stereocenters. The van der Waals surface area contributed by atoms with E-state index in [0.717, 1.165) is 0 Å². The smallest absolute Gasteiger partial charge is 0.337 e. The lowest BCUT2D eigenvalue weighted by molar-refractivity contribution is -0.114. The van der Waals surface area contributed by atoms with Gasteiger partial charge in [-0.15, -0.1) is 0 Å². The molecule has 0 aliphatic carbocycles. The van der Waals surface area contributed by atoms with Crippen LogP contribution >= 0.6 is 0 Å². The molecule has 0 aromatic heterocycles. The van der Waals surface area contributed by atoms with E-state index in [1.165, 1.54) is 37.3 Å². The van der Waals surface area contributed by atoms with Crippen LogP contribution in [0.1, 0.15) is 20.7 Å². The van der Waals surface area contributed by atoms with Gasteiger partial charge in [0.15, 0.2) is 0 Å². The van der Waals surface area contributed by atoms with Crippen molar-refractivity contribution in [3.63, 3.8) is 0 Å². The molecule has 5 heteroatoms. The van der Waals surface area contributed by atoms with Crippen LogP contribution in [0.4, 0.5) is 5.69 Å². The fourth-order valence-electron chi connectivity index (χ4n) is 1.62. The van der Waals surface area contributed by atoms with Crippen LogP contribution in [0.5, 0.6) is 0 Å². The van der Waals surface area contributed by atoms with Crippen molar-refractivity contribution in [2.75, 3.05) is 19.1 Å². The number of hydrogen-bond acceptors (Lipinski definition) is 4. The Morgan fingerprint density at radius 2 is 2.00 bits per heavy atom. The van der Waals surface area contributed by atoms with Crippen LogP contribution < -0.4 is 4.90 Å². The molecule has 0 bridgehead atoms. The number of nitrogens with zero attached hydrogens (tertiary/aromatic N) is 1. The van der Waals surface area contributed by atoms with Gasteiger partial charge in [0.25, 0.3) is 11.7 Å². The summed E-state index contributed by atoms with van der Waals surface area (Å²) in [6, 6.07) is 4.41. The summed E-state index contributed by atoms with van der Waals surface area (Å²) in [6.07, 6.45) is 0. The first-order valence-electron chi connectivity index (χ1n) is 4.61. The Hall–Kier alpha value is -2.17. The Kier molecular flexibility index (Phi) is 2.23. The molecule has 0 N–H and O–H groups in total. The van der Waals surface area contributed by atoms with Gasteiger partial charge in [-0.05, 0) is 18.2 Å². The highest BCUT2D eigenvalue weighted by atomic mass is 16.5. The summed E-state index contributed by atoms with van der Waals surface area (Å²) in [5, 5.41) is 0. The number of ketones is 1. The van der Waals surface area contributed by atoms with Gasteiger partial charge in [-0.1, -0.05) is 0 Å². The summed E-state index contributed by atoms with van der Waals surface area (Å²) in [6.45, 7) is 0. The van der Waals surface area contributed by atoms with E-state index < -0.39 is 17.7 Å². The Morgan fingerprint density at radius 1 is 1.31 bits per heavy atom. The molecule has 1 aliphatic heterocycles. The summed E-state index contributed by atoms with van der Waals surface area (Å²) in [4.78, 5) is 35.3. The quantitative estimate of drug-likeness (QED) is 0.513. The van der Waals surface area contributed by atoms with E-state index in [9.17, 15) is 14.4 Å². The van der Waals surface area contributed by atoms with Crippen LogP contribution in [0.3, 0.4) is 0 Å². The third-order valence-corrected chi connectivity index (χ3v) is 2.52. The average molecular weight is 219 g/mol. The Bertz CT molecular complexity index is 507. The second-order valence-corrected chi connectivity index (χ2v) is 3.42. The highest BCUT2D eigenvalue weighted by Crippen LogP contribution is 2.28. The first-order valence-corrected chi connectivity index (χ1v) is 4.61. The minimum Gasteiger partial charge on any atom is -0.465 e. The van der Waals surface area contributed by atoms with Crippen molar-refractivity contribution in [3.8, 4) is 0 Å². The second kappa shape index (κ2) is 3.44. The molecular weight excluding hydrogens is 210 g/mol. The summed E-state index contributed by atoms with van der Waals surface area (Å²) in [5.41, 5.74) is 1.08. The number of amides is 1. The number of benzene rings is 1. The first-order chi connectivity index (χ1) is 7.56. The van der Waals surface area contributed by atoms with Crippen molar-refractivity contribution >= 4 is 23.3 Å². The zero-order valence-corrected chi connectivity index (χ0v) is 8.81. The lowest BCUT2D eigenvalue weighted by Crippen LogP contribution is -2.24. The second-order valence-electron chi connectivity index (χ2n) is 3.42. The molecule has 5 nitrogen and oxygen atoms in total. The van der Waals surface area contributed by atoms with Crippen LogP contribution in [0.2, 0.25) is 0 Å². The minimum atomic E-state index is -0.586. The van der Waals surface area contributed by atoms with Crippen molar-refractivity contribution in [1.82, 2.24) is 0 Å². The number of likely N-dealkylation sites (N-methyl/N-ethyl adjacent to an activating group) is 1. The summed E-state index contributed by atoms with van der Waals surface area (Å²) >= 11 is 0. The maximum Gasteiger partial charge on any atom is 0.337 e. The zero-order chi connectivity index (χ0) is 11.9. The molecule has 1 heterocycles. The molecule has 0 saturated carbocycles. The highest BCUT2D eigenvalue weighted by molar-refractivity contribution is 6.52. The van der Waals surface area contributed by atoms with Crippen molar-refractivity contribution in [2.45, 2.75) is 0 Å². The van der Waals surface area contributed by atoms with E-state index in [0.29, 0.717) is 16.8 Å². The molecule has 1 aromatic rings. The fourth-order valence-corrected chi connectivity index (χ4v) is 1.62. The van der Waals surface area contributed by atoms with Gasteiger partial charge in [0, 0.05) is 7.05 Å². The normalized spacial score (nSPS) is 14.0. The van der Waals surface area contributed by atoms with E-state index in [-0.39, 0.29) is 0 Å². The van der Waals surface area contributed by atoms with Gasteiger partial charge in [0.05, 0.1) is 23.9 Å². The monoisotopic (exact) mass is 219 g/mol. The van der Waals surface area contributed by atoms with Crippen molar-refractivity contribution in [1.29, 1.82) is 0 Å². The Balaban J connectivity index is 2.53. The van der Waals surface area contributed by atoms with Gasteiger partial charge in [-0.3, -0.25) is 9.59 Å². The molecule has 0 saturated heterocycles. The number of fused-ring (bicyclic) bond motifs is 1. The molecule has 0 radical (unpaired) electrons. The average Bonchev–Trinajstić information content (AvgIpc) is 2.53. The number of carbonyl (C=O) groups is 3. The van der Waals surface area contributed by atoms with E-state index in [1.54, 1.807) is 0 Å². The molecule has 0 fully saturated rings. The maximum atomic E-state index is 11.5. The molecule has 0 spiro atoms. The number of ether oxygens (including phenoxy) is 1. The van der Waals surface area contributed by atoms with Crippen molar-refractivity contribution < 1.29 is 19.1 Å². The number of rotatable bonds is 1. The third-order valence-electron chi connectivity index (χ3n) is 2.52. The number of hydrogen-bond donors (Lipinski definition) is 0. The van der Waals surface area contributed by atoms with E-state index in [1.807, 2.05) is 0 Å². The molecule has 2 rings (SSSR count). The predicted octanol–water partition coefficient (Wildman–Crippen LogP) is 0.632. The van der Waals surface area contributed by atoms with Gasteiger partial charge >= 0.3 is 5.97 Å². The minimum absolute atomic E-state index is 0.315. The number of Topliss-reactive ketones (excluding diaryl/α,β-unsaturated/α-hetero) is 1. The first kappa shape index (κ1) is 10.4. The van der Waals surface area contributed by atoms with Crippen LogP contribution in [0.15, 0.2) is 18.2 Å². The fraction of sp³-hybridized carbons (Fsp3) is 0.182. The van der Waals surface area contributed by atoms with E-state index >= 15 is 0 Å². The predicted molar refractivity (Wildman–Crippen MR) is 55.5 cm³/mol. The highest BCUT2D eigenvalue weighted by Gasteiger charge is 2.33. The topological polar surface area (TPSA) is 63.7 Å². The molecule has 1 aromatic carbocycles. The maximum absolute atomic E-state index is 11.5. The Labute approximate surface area is 91.6 Å². The number of methoxy groups -OCH3 is 1. The van der Waals surface area contributed by atoms with Gasteiger partial charge in [0.1, 0.15) is 0 Å². The van der Waals surface area contributed by atoms with Gasteiger partial charge < -0.3 is 9.64 Å². The van der Waals surface area contributed by atoms with Crippen molar-refractivity contribution in [2.24, 2.45) is 0 Å². The van der Waals surface area contributed by atoms with Gasteiger partial charge in [0.2, 0.25) is 0 Å². The molecule has 16 heavy (non-hydrogen) atoms. The van der Waals surface area contributed by atoms with E-state index in [4.69, 9.17) is 0 Å². The largest absolute Gasteiger partial charge is 0.465 e. The van der Waals surface area contributed by atoms with Crippen LogP contribution in [-0.4, -0.2) is 31.8 Å². The van der Waals surface area contributed by atoms with Crippen LogP contribution in [-0.2, 0) is 9.53 Å². The summed E-state index contributed by atoms with van der Waals surface area (Å²) < 4.78 is 4.56. The summed E-state index contributed by atoms with van der Waals surface area (Å²) in [7, 11) is 2.77. The number of carbonyl (C=O) groups excluding carboxylic acids is 3. The molecule has 82 valence electrons. The molecule has 1 amide bonds. The number of anilines is 1. The zero-order valence-electron chi connectivity index (χ0n) is 8.81. The van der Waals surface area contributed by atoms with Crippen LogP contribution in [0.25, 0.3) is 0 Å². The standard InChI is InChI=1S/C11H9NO4/c1-12-8-5-6(11(15)16-2)3-4-7(8)9(13)10(12)14/h3-5H,1-2H3. The molecule has 1 aliphatic rings. The third kappa shape index (κ3) is 1.29. The Morgan fingerprint density at radius 3 is 2.62 bits per heavy atom.